The van der Waals surface area contributed by atoms with Crippen LogP contribution in [0.15, 0.2) is 29.3 Å². The van der Waals surface area contributed by atoms with Gasteiger partial charge in [-0.05, 0) is 49.8 Å². The number of nitrogens with zero attached hydrogens (tertiary/aromatic N) is 2. The molecule has 0 atom stereocenters. The van der Waals surface area contributed by atoms with Gasteiger partial charge in [-0.25, -0.2) is 4.99 Å². The van der Waals surface area contributed by atoms with Crippen molar-refractivity contribution in [1.29, 1.82) is 0 Å². The first-order chi connectivity index (χ1) is 11.2. The van der Waals surface area contributed by atoms with Gasteiger partial charge in [0.1, 0.15) is 0 Å². The molecule has 1 aromatic rings. The Kier molecular flexibility index (Phi) is 7.24. The maximum atomic E-state index is 4.65. The third-order valence-electron chi connectivity index (χ3n) is 4.39. The van der Waals surface area contributed by atoms with E-state index < -0.39 is 0 Å². The third kappa shape index (κ3) is 5.77. The van der Waals surface area contributed by atoms with E-state index >= 15 is 0 Å². The minimum atomic E-state index is 0.719. The summed E-state index contributed by atoms with van der Waals surface area (Å²) in [5, 5.41) is 6.62. The number of anilines is 1. The van der Waals surface area contributed by atoms with E-state index in [0.29, 0.717) is 0 Å². The molecule has 0 aromatic heterocycles. The highest BCUT2D eigenvalue weighted by atomic mass is 15.2. The average Bonchev–Trinajstić information content (AvgIpc) is 2.58. The molecule has 1 aliphatic heterocycles. The van der Waals surface area contributed by atoms with Gasteiger partial charge in [-0.15, -0.1) is 0 Å². The summed E-state index contributed by atoms with van der Waals surface area (Å²) >= 11 is 0. The van der Waals surface area contributed by atoms with Crippen molar-refractivity contribution in [2.24, 2.45) is 10.9 Å². The molecule has 1 aromatic carbocycles. The van der Waals surface area contributed by atoms with E-state index in [0.717, 1.165) is 37.9 Å². The number of benzene rings is 1. The van der Waals surface area contributed by atoms with Crippen LogP contribution >= 0.6 is 0 Å². The molecule has 1 saturated heterocycles. The Hall–Kier alpha value is -1.71. The molecule has 4 nitrogen and oxygen atoms in total. The van der Waals surface area contributed by atoms with Crippen molar-refractivity contribution < 1.29 is 0 Å². The maximum absolute atomic E-state index is 4.65. The second-order valence-electron chi connectivity index (χ2n) is 6.46. The van der Waals surface area contributed by atoms with Crippen LogP contribution in [0.1, 0.15) is 45.6 Å². The van der Waals surface area contributed by atoms with Crippen LogP contribution in [0.3, 0.4) is 0 Å². The van der Waals surface area contributed by atoms with Gasteiger partial charge in [0.25, 0.3) is 0 Å². The third-order valence-corrected chi connectivity index (χ3v) is 4.39. The van der Waals surface area contributed by atoms with E-state index in [4.69, 9.17) is 0 Å². The Morgan fingerprint density at radius 2 is 1.83 bits per heavy atom. The van der Waals surface area contributed by atoms with Gasteiger partial charge in [-0.2, -0.15) is 0 Å². The highest BCUT2D eigenvalue weighted by molar-refractivity contribution is 5.79. The van der Waals surface area contributed by atoms with Crippen LogP contribution in [0.4, 0.5) is 5.69 Å². The summed E-state index contributed by atoms with van der Waals surface area (Å²) in [6.45, 7) is 11.5. The van der Waals surface area contributed by atoms with Gasteiger partial charge in [0.2, 0.25) is 0 Å². The van der Waals surface area contributed by atoms with Gasteiger partial charge in [0.15, 0.2) is 5.96 Å². The first-order valence-electron chi connectivity index (χ1n) is 9.09. The SMILES string of the molecule is CCCNC(=NCc1ccc(N2CCC(C)CC2)cc1)NCC. The summed E-state index contributed by atoms with van der Waals surface area (Å²) in [5.74, 6) is 1.78. The highest BCUT2D eigenvalue weighted by Crippen LogP contribution is 2.23. The van der Waals surface area contributed by atoms with E-state index in [2.05, 4.69) is 65.6 Å². The number of guanidine groups is 1. The topological polar surface area (TPSA) is 39.7 Å². The zero-order valence-electron chi connectivity index (χ0n) is 14.9. The van der Waals surface area contributed by atoms with Crippen molar-refractivity contribution >= 4 is 11.6 Å². The van der Waals surface area contributed by atoms with Crippen molar-refractivity contribution in [3.05, 3.63) is 29.8 Å². The van der Waals surface area contributed by atoms with Crippen LogP contribution < -0.4 is 15.5 Å². The van der Waals surface area contributed by atoms with Gasteiger partial charge in [0.05, 0.1) is 6.54 Å². The molecule has 0 spiro atoms. The number of aliphatic imine (C=N–C) groups is 1. The Labute approximate surface area is 141 Å². The van der Waals surface area contributed by atoms with Gasteiger partial charge in [-0.3, -0.25) is 0 Å². The molecule has 1 fully saturated rings. The quantitative estimate of drug-likeness (QED) is 0.624. The standard InChI is InChI=1S/C19H32N4/c1-4-12-21-19(20-5-2)22-15-17-6-8-18(9-7-17)23-13-10-16(3)11-14-23/h6-9,16H,4-5,10-15H2,1-3H3,(H2,20,21,22). The summed E-state index contributed by atoms with van der Waals surface area (Å²) in [5.41, 5.74) is 2.61. The molecular weight excluding hydrogens is 284 g/mol. The highest BCUT2D eigenvalue weighted by Gasteiger charge is 2.15. The predicted molar refractivity (Wildman–Crippen MR) is 100 cm³/mol. The number of hydrogen-bond acceptors (Lipinski definition) is 2. The Bertz CT molecular complexity index is 473. The van der Waals surface area contributed by atoms with Crippen molar-refractivity contribution in [2.45, 2.75) is 46.6 Å². The number of nitrogens with one attached hydrogen (secondary N) is 2. The lowest BCUT2D eigenvalue weighted by Gasteiger charge is -2.32. The monoisotopic (exact) mass is 316 g/mol. The molecule has 4 heteroatoms. The summed E-state index contributed by atoms with van der Waals surface area (Å²) < 4.78 is 0. The first kappa shape index (κ1) is 17.6. The van der Waals surface area contributed by atoms with E-state index in [1.54, 1.807) is 0 Å². The van der Waals surface area contributed by atoms with Crippen molar-refractivity contribution in [3.8, 4) is 0 Å². The number of rotatable bonds is 6. The second kappa shape index (κ2) is 9.43. The minimum Gasteiger partial charge on any atom is -0.372 e. The van der Waals surface area contributed by atoms with Crippen LogP contribution in [0.25, 0.3) is 0 Å². The molecule has 0 radical (unpaired) electrons. The second-order valence-corrected chi connectivity index (χ2v) is 6.46. The normalized spacial score (nSPS) is 16.5. The van der Waals surface area contributed by atoms with Crippen LogP contribution in [0.5, 0.6) is 0 Å². The number of hydrogen-bond donors (Lipinski definition) is 2. The zero-order valence-corrected chi connectivity index (χ0v) is 14.9. The lowest BCUT2D eigenvalue weighted by atomic mass is 9.99. The molecule has 128 valence electrons. The van der Waals surface area contributed by atoms with Gasteiger partial charge in [0, 0.05) is 31.9 Å². The molecule has 0 bridgehead atoms. The molecule has 2 rings (SSSR count). The Morgan fingerprint density at radius 3 is 2.43 bits per heavy atom. The molecule has 1 heterocycles. The molecule has 0 aliphatic carbocycles. The zero-order chi connectivity index (χ0) is 16.5. The van der Waals surface area contributed by atoms with Crippen molar-refractivity contribution in [1.82, 2.24) is 10.6 Å². The van der Waals surface area contributed by atoms with Gasteiger partial charge in [-0.1, -0.05) is 26.0 Å². The molecular formula is C19H32N4. The fourth-order valence-electron chi connectivity index (χ4n) is 2.83. The Morgan fingerprint density at radius 1 is 1.13 bits per heavy atom. The molecule has 0 saturated carbocycles. The molecule has 1 aliphatic rings. The lowest BCUT2D eigenvalue weighted by molar-refractivity contribution is 0.438. The average molecular weight is 316 g/mol. The van der Waals surface area contributed by atoms with E-state index in [1.165, 1.54) is 37.2 Å². The molecule has 0 amide bonds. The fraction of sp³-hybridized carbons (Fsp3) is 0.632. The predicted octanol–water partition coefficient (Wildman–Crippen LogP) is 3.39. The maximum Gasteiger partial charge on any atom is 0.191 e. The summed E-state index contributed by atoms with van der Waals surface area (Å²) in [6.07, 6.45) is 3.72. The van der Waals surface area contributed by atoms with Crippen LogP contribution in [0, 0.1) is 5.92 Å². The minimum absolute atomic E-state index is 0.719. The van der Waals surface area contributed by atoms with Crippen molar-refractivity contribution in [3.63, 3.8) is 0 Å². The summed E-state index contributed by atoms with van der Waals surface area (Å²) in [4.78, 5) is 7.15. The van der Waals surface area contributed by atoms with Crippen LogP contribution in [-0.4, -0.2) is 32.1 Å². The van der Waals surface area contributed by atoms with E-state index in [1.807, 2.05) is 0 Å². The molecule has 23 heavy (non-hydrogen) atoms. The van der Waals surface area contributed by atoms with Crippen molar-refractivity contribution in [2.75, 3.05) is 31.1 Å². The fourth-order valence-corrected chi connectivity index (χ4v) is 2.83. The van der Waals surface area contributed by atoms with Gasteiger partial charge < -0.3 is 15.5 Å². The molecule has 0 unspecified atom stereocenters. The summed E-state index contributed by atoms with van der Waals surface area (Å²) in [7, 11) is 0. The smallest absolute Gasteiger partial charge is 0.191 e. The van der Waals surface area contributed by atoms with E-state index in [9.17, 15) is 0 Å². The lowest BCUT2D eigenvalue weighted by Crippen LogP contribution is -2.37. The van der Waals surface area contributed by atoms with Gasteiger partial charge >= 0.3 is 0 Å². The Balaban J connectivity index is 1.90. The van der Waals surface area contributed by atoms with Crippen LogP contribution in [0.2, 0.25) is 0 Å². The number of piperidine rings is 1. The first-order valence-corrected chi connectivity index (χ1v) is 9.09. The van der Waals surface area contributed by atoms with Crippen LogP contribution in [-0.2, 0) is 6.54 Å². The summed E-state index contributed by atoms with van der Waals surface area (Å²) in [6, 6.07) is 8.90. The molecule has 2 N–H and O–H groups in total. The largest absolute Gasteiger partial charge is 0.372 e. The van der Waals surface area contributed by atoms with E-state index in [-0.39, 0.29) is 0 Å².